The molecule has 6 unspecified atom stereocenters. The number of aliphatic carboxylic acids is 1. The first kappa shape index (κ1) is 68.2. The molecule has 0 bridgehead atoms. The number of aliphatic hydroxyl groups excluding tert-OH is 2. The van der Waals surface area contributed by atoms with Crippen molar-refractivity contribution < 1.29 is 58.2 Å². The maximum atomic E-state index is 13.1. The zero-order valence-corrected chi connectivity index (χ0v) is 46.9. The van der Waals surface area contributed by atoms with Crippen molar-refractivity contribution in [2.45, 2.75) is 327 Å². The van der Waals surface area contributed by atoms with Gasteiger partial charge in [0.05, 0.1) is 6.61 Å². The third kappa shape index (κ3) is 40.2. The highest BCUT2D eigenvalue weighted by atomic mass is 16.7. The van der Waals surface area contributed by atoms with Crippen LogP contribution in [-0.4, -0.2) is 89.2 Å². The second kappa shape index (κ2) is 50.0. The van der Waals surface area contributed by atoms with Crippen molar-refractivity contribution >= 4 is 23.9 Å². The van der Waals surface area contributed by atoms with Crippen LogP contribution in [0.25, 0.3) is 0 Å². The van der Waals surface area contributed by atoms with E-state index >= 15 is 0 Å². The Bertz CT molecular complexity index is 1370. The van der Waals surface area contributed by atoms with Gasteiger partial charge in [-0.25, -0.2) is 4.79 Å². The van der Waals surface area contributed by atoms with Crippen LogP contribution in [0.3, 0.4) is 0 Å². The van der Waals surface area contributed by atoms with Crippen molar-refractivity contribution in [2.75, 3.05) is 13.2 Å². The summed E-state index contributed by atoms with van der Waals surface area (Å²) in [6.45, 7) is 5.98. The number of hydrogen-bond acceptors (Lipinski definition) is 11. The lowest BCUT2D eigenvalue weighted by Gasteiger charge is -2.40. The monoisotopic (exact) mass is 1030 g/mol. The zero-order valence-electron chi connectivity index (χ0n) is 46.9. The first-order valence-corrected chi connectivity index (χ1v) is 30.3. The number of allylic oxidation sites excluding steroid dienone is 4. The predicted molar refractivity (Wildman–Crippen MR) is 294 cm³/mol. The molecule has 1 rings (SSSR count). The average molecular weight is 1040 g/mol. The molecular weight excluding hydrogens is 925 g/mol. The summed E-state index contributed by atoms with van der Waals surface area (Å²) < 4.78 is 28.4. The highest BCUT2D eigenvalue weighted by Gasteiger charge is 2.50. The molecule has 1 heterocycles. The van der Waals surface area contributed by atoms with Crippen LogP contribution in [-0.2, 0) is 42.9 Å². The fourth-order valence-corrected chi connectivity index (χ4v) is 9.30. The first-order valence-electron chi connectivity index (χ1n) is 30.3. The fraction of sp³-hybridized carbons (Fsp3) is 0.869. The smallest absolute Gasteiger partial charge is 0.335 e. The number of carbonyl (C=O) groups is 4. The molecule has 1 aliphatic rings. The van der Waals surface area contributed by atoms with Gasteiger partial charge in [0.2, 0.25) is 0 Å². The number of carboxylic acid groups (broad SMARTS) is 1. The van der Waals surface area contributed by atoms with Crippen LogP contribution in [0.5, 0.6) is 0 Å². The summed E-state index contributed by atoms with van der Waals surface area (Å²) in [5.41, 5.74) is 0. The summed E-state index contributed by atoms with van der Waals surface area (Å²) in [7, 11) is 0. The minimum atomic E-state index is -1.90. The van der Waals surface area contributed by atoms with Crippen LogP contribution in [0.4, 0.5) is 0 Å². The molecule has 73 heavy (non-hydrogen) atoms. The Kier molecular flexibility index (Phi) is 46.8. The Morgan fingerprint density at radius 3 is 1.18 bits per heavy atom. The van der Waals surface area contributed by atoms with Crippen molar-refractivity contribution in [3.8, 4) is 0 Å². The SMILES string of the molecule is CCCCCC/C=C\CCCCCCCC(=O)OC1C(OCC(COC(=O)CCCCCCCCCCC/C=C\CCCCCCCC)OC(=O)CCCCCCCCCCCCC)OC(C(=O)O)C(O)C1O. The number of aliphatic hydroxyl groups is 2. The number of unbranched alkanes of at least 4 members (excludes halogenated alkanes) is 34. The lowest BCUT2D eigenvalue weighted by atomic mass is 9.98. The van der Waals surface area contributed by atoms with E-state index in [9.17, 15) is 34.5 Å². The van der Waals surface area contributed by atoms with Gasteiger partial charge in [-0.15, -0.1) is 0 Å². The Balaban J connectivity index is 2.64. The van der Waals surface area contributed by atoms with E-state index < -0.39 is 67.3 Å². The molecule has 3 N–H and O–H groups in total. The molecule has 1 aliphatic heterocycles. The second-order valence-corrected chi connectivity index (χ2v) is 21.0. The van der Waals surface area contributed by atoms with Crippen LogP contribution in [0, 0.1) is 0 Å². The quantitative estimate of drug-likeness (QED) is 0.0228. The predicted octanol–water partition coefficient (Wildman–Crippen LogP) is 15.5. The molecule has 0 aromatic rings. The van der Waals surface area contributed by atoms with Crippen LogP contribution in [0.1, 0.15) is 290 Å². The molecule has 0 saturated carbocycles. The first-order chi connectivity index (χ1) is 35.6. The van der Waals surface area contributed by atoms with Crippen molar-refractivity contribution in [3.05, 3.63) is 24.3 Å². The lowest BCUT2D eigenvalue weighted by Crippen LogP contribution is -2.61. The van der Waals surface area contributed by atoms with Crippen LogP contribution < -0.4 is 0 Å². The molecule has 1 fully saturated rings. The third-order valence-electron chi connectivity index (χ3n) is 14.0. The van der Waals surface area contributed by atoms with Gasteiger partial charge in [-0.1, -0.05) is 225 Å². The largest absolute Gasteiger partial charge is 0.479 e. The van der Waals surface area contributed by atoms with Crippen LogP contribution in [0.2, 0.25) is 0 Å². The number of hydrogen-bond donors (Lipinski definition) is 3. The topological polar surface area (TPSA) is 175 Å². The molecule has 1 saturated heterocycles. The van der Waals surface area contributed by atoms with E-state index in [1.165, 1.54) is 154 Å². The van der Waals surface area contributed by atoms with Gasteiger partial charge in [0, 0.05) is 19.3 Å². The van der Waals surface area contributed by atoms with E-state index in [-0.39, 0.29) is 25.9 Å². The third-order valence-corrected chi connectivity index (χ3v) is 14.0. The molecule has 0 aromatic heterocycles. The van der Waals surface area contributed by atoms with Crippen molar-refractivity contribution in [1.82, 2.24) is 0 Å². The molecule has 0 amide bonds. The average Bonchev–Trinajstić information content (AvgIpc) is 3.37. The van der Waals surface area contributed by atoms with E-state index in [4.69, 9.17) is 23.7 Å². The van der Waals surface area contributed by atoms with E-state index in [0.717, 1.165) is 77.0 Å². The summed E-state index contributed by atoms with van der Waals surface area (Å²) in [5.74, 6) is -3.10. The number of rotatable bonds is 52. The van der Waals surface area contributed by atoms with Gasteiger partial charge < -0.3 is 39.0 Å². The van der Waals surface area contributed by atoms with Gasteiger partial charge in [-0.3, -0.25) is 14.4 Å². The van der Waals surface area contributed by atoms with E-state index in [1.807, 2.05) is 0 Å². The summed E-state index contributed by atoms with van der Waals surface area (Å²) in [5, 5.41) is 31.4. The molecular formula is C61H110O12. The Morgan fingerprint density at radius 2 is 0.781 bits per heavy atom. The van der Waals surface area contributed by atoms with Gasteiger partial charge in [-0.2, -0.15) is 0 Å². The zero-order chi connectivity index (χ0) is 53.3. The van der Waals surface area contributed by atoms with Crippen molar-refractivity contribution in [3.63, 3.8) is 0 Å². The molecule has 0 radical (unpaired) electrons. The maximum absolute atomic E-state index is 13.1. The Labute approximate surface area is 445 Å². The lowest BCUT2D eigenvalue weighted by molar-refractivity contribution is -0.301. The van der Waals surface area contributed by atoms with Gasteiger partial charge in [-0.05, 0) is 70.6 Å². The summed E-state index contributed by atoms with van der Waals surface area (Å²) >= 11 is 0. The minimum Gasteiger partial charge on any atom is -0.479 e. The number of carboxylic acids is 1. The van der Waals surface area contributed by atoms with Gasteiger partial charge in [0.25, 0.3) is 0 Å². The standard InChI is InChI=1S/C61H110O12/c1-4-7-10-13-16-19-22-24-25-26-27-28-29-31-33-35-38-41-44-47-53(62)69-50-52(71-54(63)48-45-42-39-36-32-21-18-15-12-9-6-3)51-70-61-59(57(66)56(65)58(73-61)60(67)68)72-55(64)49-46-43-40-37-34-30-23-20-17-14-11-8-5-2/h20,23-25,52,56-59,61,65-66H,4-19,21-22,26-51H2,1-3H3,(H,67,68)/b23-20-,25-24-. The summed E-state index contributed by atoms with van der Waals surface area (Å²) in [4.78, 5) is 51.1. The summed E-state index contributed by atoms with van der Waals surface area (Å²) in [6, 6.07) is 0. The van der Waals surface area contributed by atoms with Crippen molar-refractivity contribution in [1.29, 1.82) is 0 Å². The molecule has 0 aliphatic carbocycles. The summed E-state index contributed by atoms with van der Waals surface area (Å²) in [6.07, 6.45) is 44.4. The van der Waals surface area contributed by atoms with E-state index in [2.05, 4.69) is 45.1 Å². The molecule has 0 aromatic carbocycles. The van der Waals surface area contributed by atoms with Crippen LogP contribution >= 0.6 is 0 Å². The van der Waals surface area contributed by atoms with Crippen LogP contribution in [0.15, 0.2) is 24.3 Å². The maximum Gasteiger partial charge on any atom is 0.335 e. The fourth-order valence-electron chi connectivity index (χ4n) is 9.30. The molecule has 0 spiro atoms. The minimum absolute atomic E-state index is 0.0545. The van der Waals surface area contributed by atoms with Gasteiger partial charge in [0.1, 0.15) is 18.8 Å². The Morgan fingerprint density at radius 1 is 0.438 bits per heavy atom. The highest BCUT2D eigenvalue weighted by Crippen LogP contribution is 2.27. The number of esters is 3. The van der Waals surface area contributed by atoms with Crippen molar-refractivity contribution in [2.24, 2.45) is 0 Å². The van der Waals surface area contributed by atoms with Gasteiger partial charge >= 0.3 is 23.9 Å². The highest BCUT2D eigenvalue weighted by molar-refractivity contribution is 5.74. The number of carbonyl (C=O) groups excluding carboxylic acids is 3. The van der Waals surface area contributed by atoms with E-state index in [0.29, 0.717) is 19.3 Å². The molecule has 12 heteroatoms. The second-order valence-electron chi connectivity index (χ2n) is 21.0. The van der Waals surface area contributed by atoms with E-state index in [1.54, 1.807) is 0 Å². The molecule has 426 valence electrons. The Hall–Kier alpha value is -2.80. The molecule has 6 atom stereocenters. The van der Waals surface area contributed by atoms with Gasteiger partial charge in [0.15, 0.2) is 24.6 Å². The number of ether oxygens (including phenoxy) is 5. The normalized spacial score (nSPS) is 18.4. The molecule has 12 nitrogen and oxygen atoms in total.